The number of carbonyl (C=O) groups excluding carboxylic acids is 2. The Morgan fingerprint density at radius 3 is 2.31 bits per heavy atom. The van der Waals surface area contributed by atoms with E-state index in [4.69, 9.17) is 9.47 Å². The van der Waals surface area contributed by atoms with Crippen LogP contribution in [-0.2, 0) is 4.74 Å². The van der Waals surface area contributed by atoms with E-state index in [1.165, 1.54) is 30.4 Å². The quantitative estimate of drug-likeness (QED) is 0.529. The van der Waals surface area contributed by atoms with Gasteiger partial charge < -0.3 is 19.9 Å². The highest BCUT2D eigenvalue weighted by molar-refractivity contribution is 5.84. The van der Waals surface area contributed by atoms with Crippen LogP contribution in [0.15, 0.2) is 66.7 Å². The number of nitrogens with one attached hydrogen (secondary N) is 1. The number of carbonyl (C=O) groups is 2. The van der Waals surface area contributed by atoms with Gasteiger partial charge in [-0.05, 0) is 39.9 Å². The van der Waals surface area contributed by atoms with E-state index in [1.54, 1.807) is 12.2 Å². The smallest absolute Gasteiger partial charge is 0.407 e. The highest BCUT2D eigenvalue weighted by Gasteiger charge is 2.28. The SMILES string of the molecule is COc1cc(C=O)c(C=CCNC(=O)OCC2c3ccccc3-c3ccccc32)cc1O. The molecule has 1 amide bonds. The summed E-state index contributed by atoms with van der Waals surface area (Å²) in [6, 6.07) is 19.2. The van der Waals surface area contributed by atoms with Crippen LogP contribution in [0.3, 0.4) is 0 Å². The molecule has 4 rings (SSSR count). The second kappa shape index (κ2) is 9.39. The summed E-state index contributed by atoms with van der Waals surface area (Å²) in [4.78, 5) is 23.5. The van der Waals surface area contributed by atoms with Crippen LogP contribution in [0, 0.1) is 0 Å². The van der Waals surface area contributed by atoms with Crippen molar-refractivity contribution in [3.05, 3.63) is 89.0 Å². The summed E-state index contributed by atoms with van der Waals surface area (Å²) in [6.45, 7) is 0.451. The zero-order valence-corrected chi connectivity index (χ0v) is 17.6. The fourth-order valence-electron chi connectivity index (χ4n) is 3.99. The molecule has 0 fully saturated rings. The van der Waals surface area contributed by atoms with Gasteiger partial charge in [-0.25, -0.2) is 4.79 Å². The Morgan fingerprint density at radius 2 is 1.69 bits per heavy atom. The fourth-order valence-corrected chi connectivity index (χ4v) is 3.99. The summed E-state index contributed by atoms with van der Waals surface area (Å²) < 4.78 is 10.5. The molecule has 0 bridgehead atoms. The van der Waals surface area contributed by atoms with Crippen molar-refractivity contribution < 1.29 is 24.2 Å². The molecule has 0 spiro atoms. The predicted octanol–water partition coefficient (Wildman–Crippen LogP) is 4.77. The van der Waals surface area contributed by atoms with Gasteiger partial charge in [0.2, 0.25) is 0 Å². The first-order valence-electron chi connectivity index (χ1n) is 10.2. The number of phenolic OH excluding ortho intramolecular Hbond substituents is 1. The predicted molar refractivity (Wildman–Crippen MR) is 122 cm³/mol. The van der Waals surface area contributed by atoms with Crippen molar-refractivity contribution in [3.63, 3.8) is 0 Å². The van der Waals surface area contributed by atoms with E-state index in [0.717, 1.165) is 11.1 Å². The number of phenols is 1. The van der Waals surface area contributed by atoms with Crippen molar-refractivity contribution in [1.29, 1.82) is 0 Å². The number of fused-ring (bicyclic) bond motifs is 3. The van der Waals surface area contributed by atoms with Crippen molar-refractivity contribution in [3.8, 4) is 22.6 Å². The second-order valence-corrected chi connectivity index (χ2v) is 7.38. The molecule has 0 saturated carbocycles. The van der Waals surface area contributed by atoms with Crippen LogP contribution >= 0.6 is 0 Å². The van der Waals surface area contributed by atoms with Gasteiger partial charge in [0, 0.05) is 18.0 Å². The number of amides is 1. The molecule has 2 N–H and O–H groups in total. The molecule has 6 heteroatoms. The van der Waals surface area contributed by atoms with Crippen LogP contribution in [0.4, 0.5) is 4.79 Å². The first-order chi connectivity index (χ1) is 15.6. The highest BCUT2D eigenvalue weighted by Crippen LogP contribution is 2.44. The zero-order valence-electron chi connectivity index (χ0n) is 17.6. The molecule has 0 aliphatic heterocycles. The third-order valence-electron chi connectivity index (χ3n) is 5.52. The number of hydrogen-bond donors (Lipinski definition) is 2. The monoisotopic (exact) mass is 429 g/mol. The Kier molecular flexibility index (Phi) is 6.22. The third-order valence-corrected chi connectivity index (χ3v) is 5.52. The third kappa shape index (κ3) is 4.21. The molecule has 3 aromatic carbocycles. The molecule has 0 saturated heterocycles. The van der Waals surface area contributed by atoms with Crippen molar-refractivity contribution in [1.82, 2.24) is 5.32 Å². The number of hydrogen-bond acceptors (Lipinski definition) is 5. The van der Waals surface area contributed by atoms with Gasteiger partial charge >= 0.3 is 6.09 Å². The first kappa shape index (κ1) is 21.2. The van der Waals surface area contributed by atoms with Crippen LogP contribution in [0.2, 0.25) is 0 Å². The lowest BCUT2D eigenvalue weighted by molar-refractivity contribution is 0.112. The summed E-state index contributed by atoms with van der Waals surface area (Å²) in [6.07, 6.45) is 3.48. The van der Waals surface area contributed by atoms with Crippen LogP contribution in [0.1, 0.15) is 33.0 Å². The summed E-state index contributed by atoms with van der Waals surface area (Å²) in [5, 5.41) is 12.6. The van der Waals surface area contributed by atoms with Gasteiger partial charge in [-0.2, -0.15) is 0 Å². The molecule has 0 heterocycles. The van der Waals surface area contributed by atoms with Crippen molar-refractivity contribution in [2.75, 3.05) is 20.3 Å². The van der Waals surface area contributed by atoms with E-state index in [2.05, 4.69) is 29.6 Å². The summed E-state index contributed by atoms with van der Waals surface area (Å²) >= 11 is 0. The molecular formula is C26H23NO5. The van der Waals surface area contributed by atoms with Gasteiger partial charge in [0.25, 0.3) is 0 Å². The Morgan fingerprint density at radius 1 is 1.03 bits per heavy atom. The van der Waals surface area contributed by atoms with Crippen molar-refractivity contribution in [2.45, 2.75) is 5.92 Å². The Bertz CT molecular complexity index is 1140. The molecule has 1 aliphatic carbocycles. The molecule has 32 heavy (non-hydrogen) atoms. The normalized spacial score (nSPS) is 12.3. The first-order valence-corrected chi connectivity index (χ1v) is 10.2. The number of benzene rings is 3. The Hall–Kier alpha value is -4.06. The number of rotatable bonds is 7. The highest BCUT2D eigenvalue weighted by atomic mass is 16.5. The lowest BCUT2D eigenvalue weighted by Crippen LogP contribution is -2.26. The number of ether oxygens (including phenoxy) is 2. The van der Waals surface area contributed by atoms with Gasteiger partial charge in [0.1, 0.15) is 6.61 Å². The largest absolute Gasteiger partial charge is 0.504 e. The zero-order chi connectivity index (χ0) is 22.5. The van der Waals surface area contributed by atoms with E-state index in [9.17, 15) is 14.7 Å². The van der Waals surface area contributed by atoms with E-state index in [1.807, 2.05) is 24.3 Å². The second-order valence-electron chi connectivity index (χ2n) is 7.38. The Balaban J connectivity index is 1.35. The molecule has 0 unspecified atom stereocenters. The van der Waals surface area contributed by atoms with Gasteiger partial charge in [-0.15, -0.1) is 0 Å². The van der Waals surface area contributed by atoms with E-state index in [0.29, 0.717) is 17.4 Å². The average molecular weight is 429 g/mol. The molecule has 0 radical (unpaired) electrons. The van der Waals surface area contributed by atoms with E-state index < -0.39 is 6.09 Å². The number of alkyl carbamates (subject to hydrolysis) is 1. The topological polar surface area (TPSA) is 84.9 Å². The van der Waals surface area contributed by atoms with Crippen LogP contribution in [-0.4, -0.2) is 37.7 Å². The maximum absolute atomic E-state index is 12.2. The number of methoxy groups -OCH3 is 1. The average Bonchev–Trinajstić information content (AvgIpc) is 3.14. The van der Waals surface area contributed by atoms with Gasteiger partial charge in [-0.3, -0.25) is 4.79 Å². The minimum atomic E-state index is -0.523. The van der Waals surface area contributed by atoms with Crippen LogP contribution in [0.5, 0.6) is 11.5 Å². The number of aromatic hydroxyl groups is 1. The number of aldehydes is 1. The minimum absolute atomic E-state index is 0.00103. The maximum atomic E-state index is 12.2. The summed E-state index contributed by atoms with van der Waals surface area (Å²) in [5.74, 6) is 0.157. The lowest BCUT2D eigenvalue weighted by atomic mass is 9.98. The van der Waals surface area contributed by atoms with Gasteiger partial charge in [0.15, 0.2) is 17.8 Å². The van der Waals surface area contributed by atoms with Crippen LogP contribution < -0.4 is 10.1 Å². The maximum Gasteiger partial charge on any atom is 0.407 e. The molecular weight excluding hydrogens is 406 g/mol. The molecule has 3 aromatic rings. The minimum Gasteiger partial charge on any atom is -0.504 e. The Labute approximate surface area is 186 Å². The summed E-state index contributed by atoms with van der Waals surface area (Å²) in [7, 11) is 1.41. The van der Waals surface area contributed by atoms with Crippen molar-refractivity contribution in [2.24, 2.45) is 0 Å². The molecule has 0 aromatic heterocycles. The summed E-state index contributed by atoms with van der Waals surface area (Å²) in [5.41, 5.74) is 5.55. The molecule has 0 atom stereocenters. The molecule has 162 valence electrons. The van der Waals surface area contributed by atoms with E-state index >= 15 is 0 Å². The molecule has 6 nitrogen and oxygen atoms in total. The molecule has 1 aliphatic rings. The van der Waals surface area contributed by atoms with Gasteiger partial charge in [-0.1, -0.05) is 60.7 Å². The fraction of sp³-hybridized carbons (Fsp3) is 0.154. The lowest BCUT2D eigenvalue weighted by Gasteiger charge is -2.14. The van der Waals surface area contributed by atoms with Gasteiger partial charge in [0.05, 0.1) is 7.11 Å². The van der Waals surface area contributed by atoms with Crippen molar-refractivity contribution >= 4 is 18.5 Å². The van der Waals surface area contributed by atoms with E-state index in [-0.39, 0.29) is 30.6 Å². The van der Waals surface area contributed by atoms with Crippen LogP contribution in [0.25, 0.3) is 17.2 Å². The standard InChI is InChI=1S/C26H23NO5/c1-31-25-14-18(15-28)17(13-24(25)29)7-6-12-27-26(30)32-16-23-21-10-4-2-8-19(21)20-9-3-5-11-22(20)23/h2-11,13-15,23,29H,12,16H2,1H3,(H,27,30).